The first-order chi connectivity index (χ1) is 10.3. The lowest BCUT2D eigenvalue weighted by Crippen LogP contribution is -2.25. The second-order valence-electron chi connectivity index (χ2n) is 4.65. The SMILES string of the molecule is O=C(CCCOc1ccccc1)NCCCc1ncn[nH]1. The highest BCUT2D eigenvalue weighted by Gasteiger charge is 2.02. The number of benzene rings is 1. The van der Waals surface area contributed by atoms with Crippen molar-refractivity contribution in [1.82, 2.24) is 20.5 Å². The molecule has 0 spiro atoms. The van der Waals surface area contributed by atoms with Crippen LogP contribution in [0.25, 0.3) is 0 Å². The van der Waals surface area contributed by atoms with Gasteiger partial charge in [0.2, 0.25) is 5.91 Å². The number of aromatic amines is 1. The summed E-state index contributed by atoms with van der Waals surface area (Å²) in [6.45, 7) is 1.20. The third kappa shape index (κ3) is 6.07. The molecule has 112 valence electrons. The van der Waals surface area contributed by atoms with Crippen LogP contribution in [0.15, 0.2) is 36.7 Å². The zero-order chi connectivity index (χ0) is 14.8. The summed E-state index contributed by atoms with van der Waals surface area (Å²) in [5, 5.41) is 9.45. The van der Waals surface area contributed by atoms with Gasteiger partial charge in [0.1, 0.15) is 17.9 Å². The van der Waals surface area contributed by atoms with E-state index in [0.717, 1.165) is 24.4 Å². The third-order valence-corrected chi connectivity index (χ3v) is 2.94. The molecule has 2 N–H and O–H groups in total. The van der Waals surface area contributed by atoms with Crippen LogP contribution in [0, 0.1) is 0 Å². The molecule has 0 saturated carbocycles. The zero-order valence-electron chi connectivity index (χ0n) is 11.9. The van der Waals surface area contributed by atoms with Crippen LogP contribution in [0.5, 0.6) is 5.75 Å². The molecule has 6 heteroatoms. The number of carbonyl (C=O) groups is 1. The van der Waals surface area contributed by atoms with Crippen LogP contribution in [0.4, 0.5) is 0 Å². The maximum absolute atomic E-state index is 11.6. The Morgan fingerprint density at radius 3 is 2.86 bits per heavy atom. The van der Waals surface area contributed by atoms with Crippen molar-refractivity contribution in [3.8, 4) is 5.75 Å². The van der Waals surface area contributed by atoms with Crippen molar-refractivity contribution < 1.29 is 9.53 Å². The summed E-state index contributed by atoms with van der Waals surface area (Å²) in [6, 6.07) is 9.61. The minimum absolute atomic E-state index is 0.0595. The smallest absolute Gasteiger partial charge is 0.220 e. The topological polar surface area (TPSA) is 79.9 Å². The van der Waals surface area contributed by atoms with E-state index in [0.29, 0.717) is 26.0 Å². The predicted molar refractivity (Wildman–Crippen MR) is 78.9 cm³/mol. The van der Waals surface area contributed by atoms with Gasteiger partial charge in [-0.1, -0.05) is 18.2 Å². The van der Waals surface area contributed by atoms with E-state index in [4.69, 9.17) is 4.74 Å². The van der Waals surface area contributed by atoms with Crippen LogP contribution >= 0.6 is 0 Å². The Bertz CT molecular complexity index is 514. The van der Waals surface area contributed by atoms with Gasteiger partial charge in [-0.05, 0) is 25.0 Å². The lowest BCUT2D eigenvalue weighted by atomic mass is 10.2. The molecule has 0 radical (unpaired) electrons. The molecule has 0 aliphatic heterocycles. The Morgan fingerprint density at radius 1 is 1.24 bits per heavy atom. The highest BCUT2D eigenvalue weighted by Crippen LogP contribution is 2.08. The predicted octanol–water partition coefficient (Wildman–Crippen LogP) is 1.71. The summed E-state index contributed by atoms with van der Waals surface area (Å²) >= 11 is 0. The van der Waals surface area contributed by atoms with E-state index in [1.807, 2.05) is 30.3 Å². The quantitative estimate of drug-likeness (QED) is 0.688. The molecule has 1 aromatic carbocycles. The second-order valence-corrected chi connectivity index (χ2v) is 4.65. The van der Waals surface area contributed by atoms with Gasteiger partial charge >= 0.3 is 0 Å². The number of nitrogens with one attached hydrogen (secondary N) is 2. The van der Waals surface area contributed by atoms with E-state index < -0.39 is 0 Å². The van der Waals surface area contributed by atoms with Crippen LogP contribution < -0.4 is 10.1 Å². The van der Waals surface area contributed by atoms with E-state index in [1.165, 1.54) is 6.33 Å². The molecule has 21 heavy (non-hydrogen) atoms. The van der Waals surface area contributed by atoms with Crippen molar-refractivity contribution in [3.63, 3.8) is 0 Å². The van der Waals surface area contributed by atoms with Crippen LogP contribution in [0.1, 0.15) is 25.1 Å². The Kier molecular flexibility index (Phi) is 6.25. The average Bonchev–Trinajstić information content (AvgIpc) is 3.02. The van der Waals surface area contributed by atoms with Gasteiger partial charge in [-0.15, -0.1) is 0 Å². The first kappa shape index (κ1) is 15.0. The number of carbonyl (C=O) groups excluding carboxylic acids is 1. The lowest BCUT2D eigenvalue weighted by Gasteiger charge is -2.06. The van der Waals surface area contributed by atoms with Crippen LogP contribution in [-0.2, 0) is 11.2 Å². The minimum Gasteiger partial charge on any atom is -0.494 e. The van der Waals surface area contributed by atoms with Gasteiger partial charge in [0.05, 0.1) is 6.61 Å². The molecule has 0 bridgehead atoms. The van der Waals surface area contributed by atoms with Gasteiger partial charge in [0.25, 0.3) is 0 Å². The van der Waals surface area contributed by atoms with Gasteiger partial charge in [-0.25, -0.2) is 4.98 Å². The van der Waals surface area contributed by atoms with Crippen molar-refractivity contribution in [2.45, 2.75) is 25.7 Å². The van der Waals surface area contributed by atoms with E-state index in [9.17, 15) is 4.79 Å². The molecule has 1 heterocycles. The molecule has 0 fully saturated rings. The van der Waals surface area contributed by atoms with E-state index in [2.05, 4.69) is 20.5 Å². The number of aryl methyl sites for hydroxylation is 1. The molecule has 2 aromatic rings. The Hall–Kier alpha value is -2.37. The largest absolute Gasteiger partial charge is 0.494 e. The molecule has 1 aromatic heterocycles. The second kappa shape index (κ2) is 8.73. The molecular formula is C15H20N4O2. The van der Waals surface area contributed by atoms with Crippen LogP contribution in [-0.4, -0.2) is 34.2 Å². The maximum Gasteiger partial charge on any atom is 0.220 e. The molecule has 2 rings (SSSR count). The van der Waals surface area contributed by atoms with Gasteiger partial charge in [0.15, 0.2) is 0 Å². The van der Waals surface area contributed by atoms with Crippen molar-refractivity contribution in [2.24, 2.45) is 0 Å². The number of nitrogens with zero attached hydrogens (tertiary/aromatic N) is 2. The lowest BCUT2D eigenvalue weighted by molar-refractivity contribution is -0.121. The molecule has 0 saturated heterocycles. The van der Waals surface area contributed by atoms with E-state index in [1.54, 1.807) is 0 Å². The van der Waals surface area contributed by atoms with Gasteiger partial charge in [-0.3, -0.25) is 9.89 Å². The summed E-state index contributed by atoms with van der Waals surface area (Å²) in [5.41, 5.74) is 0. The van der Waals surface area contributed by atoms with Crippen LogP contribution in [0.2, 0.25) is 0 Å². The number of rotatable bonds is 9. The first-order valence-electron chi connectivity index (χ1n) is 7.13. The fourth-order valence-corrected chi connectivity index (χ4v) is 1.86. The summed E-state index contributed by atoms with van der Waals surface area (Å²) < 4.78 is 5.53. The maximum atomic E-state index is 11.6. The van der Waals surface area contributed by atoms with Crippen molar-refractivity contribution in [2.75, 3.05) is 13.2 Å². The number of hydrogen-bond acceptors (Lipinski definition) is 4. The highest BCUT2D eigenvalue weighted by atomic mass is 16.5. The molecule has 1 amide bonds. The first-order valence-corrected chi connectivity index (χ1v) is 7.13. The number of amides is 1. The van der Waals surface area contributed by atoms with Crippen molar-refractivity contribution in [1.29, 1.82) is 0 Å². The Labute approximate surface area is 123 Å². The number of para-hydroxylation sites is 1. The van der Waals surface area contributed by atoms with Gasteiger partial charge in [-0.2, -0.15) is 5.10 Å². The average molecular weight is 288 g/mol. The summed E-state index contributed by atoms with van der Waals surface area (Å²) in [4.78, 5) is 15.6. The van der Waals surface area contributed by atoms with Crippen molar-refractivity contribution in [3.05, 3.63) is 42.5 Å². The summed E-state index contributed by atoms with van der Waals surface area (Å²) in [6.07, 6.45) is 4.32. The summed E-state index contributed by atoms with van der Waals surface area (Å²) in [7, 11) is 0. The molecule has 0 unspecified atom stereocenters. The van der Waals surface area contributed by atoms with Crippen LogP contribution in [0.3, 0.4) is 0 Å². The zero-order valence-corrected chi connectivity index (χ0v) is 11.9. The Balaban J connectivity index is 1.48. The number of aromatic nitrogens is 3. The fraction of sp³-hybridized carbons (Fsp3) is 0.400. The van der Waals surface area contributed by atoms with Gasteiger partial charge in [0, 0.05) is 19.4 Å². The van der Waals surface area contributed by atoms with Gasteiger partial charge < -0.3 is 10.1 Å². The molecule has 0 aliphatic carbocycles. The molecule has 0 atom stereocenters. The molecular weight excluding hydrogens is 268 g/mol. The third-order valence-electron chi connectivity index (χ3n) is 2.94. The molecule has 6 nitrogen and oxygen atoms in total. The number of H-pyrrole nitrogens is 1. The monoisotopic (exact) mass is 288 g/mol. The van der Waals surface area contributed by atoms with E-state index >= 15 is 0 Å². The fourth-order valence-electron chi connectivity index (χ4n) is 1.86. The van der Waals surface area contributed by atoms with E-state index in [-0.39, 0.29) is 5.91 Å². The molecule has 0 aliphatic rings. The van der Waals surface area contributed by atoms with Crippen molar-refractivity contribution >= 4 is 5.91 Å². The Morgan fingerprint density at radius 2 is 2.10 bits per heavy atom. The number of ether oxygens (including phenoxy) is 1. The summed E-state index contributed by atoms with van der Waals surface area (Å²) in [5.74, 6) is 1.75. The minimum atomic E-state index is 0.0595. The number of hydrogen-bond donors (Lipinski definition) is 2. The standard InChI is InChI=1S/C15H20N4O2/c20-15(16-10-4-8-14-17-12-18-19-14)9-5-11-21-13-6-2-1-3-7-13/h1-3,6-7,12H,4-5,8-11H2,(H,16,20)(H,17,18,19). The highest BCUT2D eigenvalue weighted by molar-refractivity contribution is 5.75. The normalized spacial score (nSPS) is 10.3.